The molecule has 1 aliphatic heterocycles. The van der Waals surface area contributed by atoms with Gasteiger partial charge >= 0.3 is 0 Å². The lowest BCUT2D eigenvalue weighted by molar-refractivity contribution is -0.0704. The zero-order valence-electron chi connectivity index (χ0n) is 11.7. The molecule has 1 fully saturated rings. The van der Waals surface area contributed by atoms with E-state index in [1.54, 1.807) is 0 Å². The highest BCUT2D eigenvalue weighted by molar-refractivity contribution is 5.82. The van der Waals surface area contributed by atoms with Gasteiger partial charge in [0.1, 0.15) is 0 Å². The van der Waals surface area contributed by atoms with Crippen molar-refractivity contribution < 1.29 is 4.74 Å². The molecule has 100 valence electrons. The number of morpholine rings is 1. The predicted octanol–water partition coefficient (Wildman–Crippen LogP) is 3.45. The normalized spacial score (nSPS) is 24.7. The average molecular weight is 255 g/mol. The zero-order valence-corrected chi connectivity index (χ0v) is 11.7. The van der Waals surface area contributed by atoms with Gasteiger partial charge in [-0.2, -0.15) is 0 Å². The van der Waals surface area contributed by atoms with Crippen LogP contribution >= 0.6 is 0 Å². The van der Waals surface area contributed by atoms with E-state index < -0.39 is 0 Å². The Bertz CT molecular complexity index is 556. The number of hydrogen-bond acceptors (Lipinski definition) is 2. The van der Waals surface area contributed by atoms with Crippen molar-refractivity contribution in [3.05, 3.63) is 48.0 Å². The van der Waals surface area contributed by atoms with Gasteiger partial charge in [-0.1, -0.05) is 36.4 Å². The molecule has 0 saturated carbocycles. The van der Waals surface area contributed by atoms with E-state index in [1.165, 1.54) is 16.3 Å². The minimum atomic E-state index is 0.337. The van der Waals surface area contributed by atoms with Crippen LogP contribution in [0.5, 0.6) is 0 Å². The summed E-state index contributed by atoms with van der Waals surface area (Å²) in [5.41, 5.74) is 1.39. The fourth-order valence-electron chi connectivity index (χ4n) is 3.01. The molecule has 0 spiro atoms. The molecular formula is C17H21NO. The summed E-state index contributed by atoms with van der Waals surface area (Å²) >= 11 is 0. The molecule has 2 aromatic rings. The molecule has 0 radical (unpaired) electrons. The van der Waals surface area contributed by atoms with Gasteiger partial charge in [0.15, 0.2) is 0 Å². The van der Waals surface area contributed by atoms with Gasteiger partial charge in [-0.15, -0.1) is 0 Å². The van der Waals surface area contributed by atoms with Gasteiger partial charge in [0.2, 0.25) is 0 Å². The Morgan fingerprint density at radius 1 is 1.00 bits per heavy atom. The maximum absolute atomic E-state index is 5.78. The molecule has 3 rings (SSSR count). The van der Waals surface area contributed by atoms with Gasteiger partial charge in [-0.3, -0.25) is 4.90 Å². The molecule has 0 unspecified atom stereocenters. The molecule has 0 amide bonds. The molecule has 0 bridgehead atoms. The molecule has 2 heteroatoms. The first-order valence-corrected chi connectivity index (χ1v) is 7.06. The van der Waals surface area contributed by atoms with E-state index in [0.717, 1.165) is 19.6 Å². The summed E-state index contributed by atoms with van der Waals surface area (Å²) in [6, 6.07) is 15.3. The van der Waals surface area contributed by atoms with Crippen LogP contribution in [0.1, 0.15) is 19.4 Å². The van der Waals surface area contributed by atoms with Crippen LogP contribution in [0.3, 0.4) is 0 Å². The lowest BCUT2D eigenvalue weighted by Crippen LogP contribution is -2.44. The molecule has 0 N–H and O–H groups in total. The van der Waals surface area contributed by atoms with Crippen LogP contribution in [-0.4, -0.2) is 30.2 Å². The Morgan fingerprint density at radius 3 is 2.42 bits per heavy atom. The van der Waals surface area contributed by atoms with Crippen LogP contribution in [0.15, 0.2) is 42.5 Å². The van der Waals surface area contributed by atoms with Gasteiger partial charge in [-0.25, -0.2) is 0 Å². The van der Waals surface area contributed by atoms with Crippen LogP contribution in [0.4, 0.5) is 0 Å². The van der Waals surface area contributed by atoms with Crippen LogP contribution in [-0.2, 0) is 11.3 Å². The highest BCUT2D eigenvalue weighted by Crippen LogP contribution is 2.19. The summed E-state index contributed by atoms with van der Waals surface area (Å²) in [6.45, 7) is 7.38. The molecule has 2 nitrogen and oxygen atoms in total. The van der Waals surface area contributed by atoms with E-state index in [4.69, 9.17) is 4.74 Å². The Kier molecular flexibility index (Phi) is 3.54. The smallest absolute Gasteiger partial charge is 0.0678 e. The summed E-state index contributed by atoms with van der Waals surface area (Å²) in [6.07, 6.45) is 0.674. The topological polar surface area (TPSA) is 12.5 Å². The van der Waals surface area contributed by atoms with Crippen molar-refractivity contribution in [1.29, 1.82) is 0 Å². The van der Waals surface area contributed by atoms with Crippen LogP contribution in [0.2, 0.25) is 0 Å². The van der Waals surface area contributed by atoms with E-state index in [1.807, 2.05) is 0 Å². The largest absolute Gasteiger partial charge is 0.373 e. The Labute approximate surface area is 115 Å². The summed E-state index contributed by atoms with van der Waals surface area (Å²) in [5.74, 6) is 0. The fraction of sp³-hybridized carbons (Fsp3) is 0.412. The monoisotopic (exact) mass is 255 g/mol. The second-order valence-electron chi connectivity index (χ2n) is 5.63. The SMILES string of the molecule is C[C@H]1CN(Cc2ccc3ccccc3c2)C[C@H](C)O1. The number of rotatable bonds is 2. The summed E-state index contributed by atoms with van der Waals surface area (Å²) < 4.78 is 5.78. The Hall–Kier alpha value is -1.38. The van der Waals surface area contributed by atoms with Crippen molar-refractivity contribution in [2.75, 3.05) is 13.1 Å². The molecule has 1 aliphatic rings. The molecule has 19 heavy (non-hydrogen) atoms. The molecule has 2 aromatic carbocycles. The van der Waals surface area contributed by atoms with Crippen molar-refractivity contribution in [3.63, 3.8) is 0 Å². The second-order valence-corrected chi connectivity index (χ2v) is 5.63. The summed E-state index contributed by atoms with van der Waals surface area (Å²) in [7, 11) is 0. The minimum Gasteiger partial charge on any atom is -0.373 e. The first-order chi connectivity index (χ1) is 9.20. The van der Waals surface area contributed by atoms with Gasteiger partial charge in [0, 0.05) is 19.6 Å². The van der Waals surface area contributed by atoms with Gasteiger partial charge < -0.3 is 4.74 Å². The summed E-state index contributed by atoms with van der Waals surface area (Å²) in [5, 5.41) is 2.64. The zero-order chi connectivity index (χ0) is 13.2. The lowest BCUT2D eigenvalue weighted by Gasteiger charge is -2.35. The van der Waals surface area contributed by atoms with E-state index >= 15 is 0 Å². The first-order valence-electron chi connectivity index (χ1n) is 7.06. The fourth-order valence-corrected chi connectivity index (χ4v) is 3.01. The molecule has 0 aromatic heterocycles. The van der Waals surface area contributed by atoms with Crippen molar-refractivity contribution in [1.82, 2.24) is 4.90 Å². The second kappa shape index (κ2) is 5.32. The Balaban J connectivity index is 1.77. The van der Waals surface area contributed by atoms with Crippen molar-refractivity contribution in [2.45, 2.75) is 32.6 Å². The van der Waals surface area contributed by atoms with E-state index in [-0.39, 0.29) is 0 Å². The minimum absolute atomic E-state index is 0.337. The highest BCUT2D eigenvalue weighted by atomic mass is 16.5. The average Bonchev–Trinajstić information content (AvgIpc) is 2.37. The predicted molar refractivity (Wildman–Crippen MR) is 79.2 cm³/mol. The lowest BCUT2D eigenvalue weighted by atomic mass is 10.1. The summed E-state index contributed by atoms with van der Waals surface area (Å²) in [4.78, 5) is 2.49. The maximum Gasteiger partial charge on any atom is 0.0678 e. The van der Waals surface area contributed by atoms with Crippen molar-refractivity contribution in [3.8, 4) is 0 Å². The quantitative estimate of drug-likeness (QED) is 0.815. The third kappa shape index (κ3) is 2.96. The van der Waals surface area contributed by atoms with Crippen LogP contribution in [0.25, 0.3) is 10.8 Å². The third-order valence-electron chi connectivity index (χ3n) is 3.72. The standard InChI is InChI=1S/C17H21NO/c1-13-10-18(11-14(2)19-13)12-15-7-8-16-5-3-4-6-17(16)9-15/h3-9,13-14H,10-12H2,1-2H3/t13-,14-/m0/s1. The number of hydrogen-bond donors (Lipinski definition) is 0. The van der Waals surface area contributed by atoms with E-state index in [0.29, 0.717) is 12.2 Å². The van der Waals surface area contributed by atoms with Gasteiger partial charge in [0.05, 0.1) is 12.2 Å². The molecule has 0 aliphatic carbocycles. The van der Waals surface area contributed by atoms with Gasteiger partial charge in [-0.05, 0) is 36.2 Å². The highest BCUT2D eigenvalue weighted by Gasteiger charge is 2.21. The van der Waals surface area contributed by atoms with Crippen LogP contribution in [0, 0.1) is 0 Å². The number of fused-ring (bicyclic) bond motifs is 1. The Morgan fingerprint density at radius 2 is 1.68 bits per heavy atom. The molecular weight excluding hydrogens is 234 g/mol. The van der Waals surface area contributed by atoms with Crippen molar-refractivity contribution >= 4 is 10.8 Å². The van der Waals surface area contributed by atoms with Gasteiger partial charge in [0.25, 0.3) is 0 Å². The third-order valence-corrected chi connectivity index (χ3v) is 3.72. The maximum atomic E-state index is 5.78. The number of nitrogens with zero attached hydrogens (tertiary/aromatic N) is 1. The van der Waals surface area contributed by atoms with E-state index in [9.17, 15) is 0 Å². The molecule has 2 atom stereocenters. The molecule has 1 saturated heterocycles. The van der Waals surface area contributed by atoms with E-state index in [2.05, 4.69) is 61.2 Å². The van der Waals surface area contributed by atoms with Crippen molar-refractivity contribution in [2.24, 2.45) is 0 Å². The first kappa shape index (κ1) is 12.6. The molecule has 1 heterocycles. The van der Waals surface area contributed by atoms with Crippen LogP contribution < -0.4 is 0 Å². The number of benzene rings is 2. The number of ether oxygens (including phenoxy) is 1.